The molecule has 4 heterocycles. The number of fused-ring (bicyclic) bond motifs is 2. The molecule has 0 saturated carbocycles. The normalized spacial score (nSPS) is 17.1. The average Bonchev–Trinajstić information content (AvgIpc) is 3.41. The fraction of sp³-hybridized carbons (Fsp3) is 0.409. The first kappa shape index (κ1) is 19.6. The van der Waals surface area contributed by atoms with Gasteiger partial charge in [-0.25, -0.2) is 9.50 Å². The summed E-state index contributed by atoms with van der Waals surface area (Å²) in [6, 6.07) is 8.42. The molecular weight excluding hydrogens is 400 g/mol. The fourth-order valence-corrected chi connectivity index (χ4v) is 4.07. The molecular formula is C22H24N4O5. The highest BCUT2D eigenvalue weighted by atomic mass is 16.7. The van der Waals surface area contributed by atoms with Crippen molar-refractivity contribution in [1.29, 1.82) is 0 Å². The first-order valence-corrected chi connectivity index (χ1v) is 10.4. The lowest BCUT2D eigenvalue weighted by Crippen LogP contribution is -2.30. The van der Waals surface area contributed by atoms with Crippen LogP contribution in [-0.2, 0) is 16.0 Å². The first-order chi connectivity index (χ1) is 15.1. The van der Waals surface area contributed by atoms with Gasteiger partial charge in [0.25, 0.3) is 5.56 Å². The Kier molecular flexibility index (Phi) is 5.11. The summed E-state index contributed by atoms with van der Waals surface area (Å²) in [6.07, 6.45) is 2.03. The SMILES string of the molecule is C[C@@H](NC(=O)Cc1ccc2c(c1)OCO2)c1cc(=O)n2[nH]c(C3CCOCC3)cc2n1. The third kappa shape index (κ3) is 4.00. The molecule has 5 rings (SSSR count). The van der Waals surface area contributed by atoms with Gasteiger partial charge in [0, 0.05) is 37.0 Å². The average molecular weight is 424 g/mol. The zero-order valence-corrected chi connectivity index (χ0v) is 17.2. The number of nitrogens with one attached hydrogen (secondary N) is 2. The number of hydrogen-bond acceptors (Lipinski definition) is 6. The minimum atomic E-state index is -0.402. The second kappa shape index (κ2) is 8.07. The topological polar surface area (TPSA) is 107 Å². The standard InChI is InChI=1S/C22H24N4O5/c1-13(23-21(27)9-14-2-3-18-19(8-14)31-12-30-18)16-11-22(28)26-20(24-16)10-17(25-26)15-4-6-29-7-5-15/h2-3,8,10-11,13,15,25H,4-7,9,12H2,1H3,(H,23,27)/t13-/m1/s1. The number of carbonyl (C=O) groups excluding carboxylic acids is 1. The van der Waals surface area contributed by atoms with Crippen LogP contribution in [-0.4, -0.2) is 40.5 Å². The van der Waals surface area contributed by atoms with Gasteiger partial charge < -0.3 is 19.5 Å². The van der Waals surface area contributed by atoms with Crippen LogP contribution in [0.4, 0.5) is 0 Å². The predicted octanol–water partition coefficient (Wildman–Crippen LogP) is 2.07. The molecule has 3 aromatic rings. The van der Waals surface area contributed by atoms with Crippen molar-refractivity contribution in [2.45, 2.75) is 38.1 Å². The van der Waals surface area contributed by atoms with E-state index in [0.29, 0.717) is 28.8 Å². The van der Waals surface area contributed by atoms with Gasteiger partial charge in [-0.1, -0.05) is 6.07 Å². The molecule has 0 bridgehead atoms. The van der Waals surface area contributed by atoms with Crippen LogP contribution in [0.25, 0.3) is 5.65 Å². The molecule has 162 valence electrons. The van der Waals surface area contributed by atoms with Gasteiger partial charge in [0.2, 0.25) is 12.7 Å². The Morgan fingerprint density at radius 2 is 2.03 bits per heavy atom. The van der Waals surface area contributed by atoms with Crippen LogP contribution >= 0.6 is 0 Å². The van der Waals surface area contributed by atoms with E-state index < -0.39 is 6.04 Å². The van der Waals surface area contributed by atoms with E-state index in [1.807, 2.05) is 19.1 Å². The van der Waals surface area contributed by atoms with Crippen molar-refractivity contribution in [3.63, 3.8) is 0 Å². The van der Waals surface area contributed by atoms with Crippen LogP contribution in [0.3, 0.4) is 0 Å². The largest absolute Gasteiger partial charge is 0.454 e. The summed E-state index contributed by atoms with van der Waals surface area (Å²) in [6.45, 7) is 3.46. The lowest BCUT2D eigenvalue weighted by atomic mass is 9.97. The molecule has 2 aromatic heterocycles. The Hall–Kier alpha value is -3.33. The van der Waals surface area contributed by atoms with Gasteiger partial charge in [-0.2, -0.15) is 0 Å². The van der Waals surface area contributed by atoms with Crippen molar-refractivity contribution in [1.82, 2.24) is 19.9 Å². The Morgan fingerprint density at radius 1 is 1.23 bits per heavy atom. The van der Waals surface area contributed by atoms with Crippen molar-refractivity contribution in [2.75, 3.05) is 20.0 Å². The summed E-state index contributed by atoms with van der Waals surface area (Å²) in [7, 11) is 0. The molecule has 2 N–H and O–H groups in total. The monoisotopic (exact) mass is 424 g/mol. The lowest BCUT2D eigenvalue weighted by Gasteiger charge is -2.20. The Labute approximate surface area is 178 Å². The molecule has 2 aliphatic heterocycles. The van der Waals surface area contributed by atoms with Crippen molar-refractivity contribution in [2.24, 2.45) is 0 Å². The van der Waals surface area contributed by atoms with E-state index in [9.17, 15) is 9.59 Å². The van der Waals surface area contributed by atoms with Gasteiger partial charge in [-0.3, -0.25) is 14.7 Å². The fourth-order valence-electron chi connectivity index (χ4n) is 4.07. The minimum Gasteiger partial charge on any atom is -0.454 e. The molecule has 2 aliphatic rings. The summed E-state index contributed by atoms with van der Waals surface area (Å²) >= 11 is 0. The number of amides is 1. The highest BCUT2D eigenvalue weighted by Gasteiger charge is 2.20. The summed E-state index contributed by atoms with van der Waals surface area (Å²) < 4.78 is 17.5. The van der Waals surface area contributed by atoms with Gasteiger partial charge in [0.15, 0.2) is 17.1 Å². The first-order valence-electron chi connectivity index (χ1n) is 10.4. The number of aromatic amines is 1. The highest BCUT2D eigenvalue weighted by molar-refractivity contribution is 5.79. The van der Waals surface area contributed by atoms with Gasteiger partial charge in [0.1, 0.15) is 0 Å². The molecule has 1 saturated heterocycles. The van der Waals surface area contributed by atoms with E-state index in [0.717, 1.165) is 37.3 Å². The molecule has 0 aliphatic carbocycles. The number of benzene rings is 1. The summed E-state index contributed by atoms with van der Waals surface area (Å²) in [5, 5.41) is 6.10. The van der Waals surface area contributed by atoms with Crippen LogP contribution in [0.5, 0.6) is 11.5 Å². The van der Waals surface area contributed by atoms with Crippen molar-refractivity contribution < 1.29 is 19.0 Å². The zero-order valence-electron chi connectivity index (χ0n) is 17.2. The van der Waals surface area contributed by atoms with Crippen LogP contribution < -0.4 is 20.3 Å². The van der Waals surface area contributed by atoms with Crippen LogP contribution in [0, 0.1) is 0 Å². The van der Waals surface area contributed by atoms with E-state index in [1.165, 1.54) is 10.6 Å². The molecule has 0 unspecified atom stereocenters. The molecule has 9 nitrogen and oxygen atoms in total. The summed E-state index contributed by atoms with van der Waals surface area (Å²) in [5.74, 6) is 1.50. The van der Waals surface area contributed by atoms with Gasteiger partial charge >= 0.3 is 0 Å². The molecule has 0 spiro atoms. The number of nitrogens with zero attached hydrogens (tertiary/aromatic N) is 2. The minimum absolute atomic E-state index is 0.162. The lowest BCUT2D eigenvalue weighted by molar-refractivity contribution is -0.121. The third-order valence-electron chi connectivity index (χ3n) is 5.77. The Morgan fingerprint density at radius 3 is 2.87 bits per heavy atom. The number of hydrogen-bond donors (Lipinski definition) is 2. The Balaban J connectivity index is 1.30. The molecule has 1 amide bonds. The molecule has 1 fully saturated rings. The molecule has 1 aromatic carbocycles. The van der Waals surface area contributed by atoms with E-state index in [1.54, 1.807) is 12.1 Å². The quantitative estimate of drug-likeness (QED) is 0.649. The van der Waals surface area contributed by atoms with Crippen LogP contribution in [0.2, 0.25) is 0 Å². The predicted molar refractivity (Wildman–Crippen MR) is 111 cm³/mol. The Bertz CT molecular complexity index is 1180. The molecule has 9 heteroatoms. The maximum Gasteiger partial charge on any atom is 0.272 e. The smallest absolute Gasteiger partial charge is 0.272 e. The maximum atomic E-state index is 12.6. The number of rotatable bonds is 5. The van der Waals surface area contributed by atoms with Gasteiger partial charge in [-0.15, -0.1) is 0 Å². The molecule has 1 atom stereocenters. The van der Waals surface area contributed by atoms with Gasteiger partial charge in [0.05, 0.1) is 18.2 Å². The molecule has 0 radical (unpaired) electrons. The second-order valence-corrected chi connectivity index (χ2v) is 7.96. The molecule has 31 heavy (non-hydrogen) atoms. The summed E-state index contributed by atoms with van der Waals surface area (Å²) in [5.41, 5.74) is 2.70. The third-order valence-corrected chi connectivity index (χ3v) is 5.77. The van der Waals surface area contributed by atoms with Gasteiger partial charge in [-0.05, 0) is 37.5 Å². The van der Waals surface area contributed by atoms with Crippen molar-refractivity contribution in [3.8, 4) is 11.5 Å². The zero-order chi connectivity index (χ0) is 21.4. The van der Waals surface area contributed by atoms with Crippen molar-refractivity contribution in [3.05, 3.63) is 57.6 Å². The van der Waals surface area contributed by atoms with E-state index in [4.69, 9.17) is 14.2 Å². The number of H-pyrrole nitrogens is 1. The van der Waals surface area contributed by atoms with E-state index >= 15 is 0 Å². The maximum absolute atomic E-state index is 12.6. The second-order valence-electron chi connectivity index (χ2n) is 7.96. The number of ether oxygens (including phenoxy) is 3. The summed E-state index contributed by atoms with van der Waals surface area (Å²) in [4.78, 5) is 29.8. The van der Waals surface area contributed by atoms with Crippen molar-refractivity contribution >= 4 is 11.6 Å². The van der Waals surface area contributed by atoms with Crippen LogP contribution in [0.15, 0.2) is 35.1 Å². The van der Waals surface area contributed by atoms with E-state index in [-0.39, 0.29) is 24.7 Å². The van der Waals surface area contributed by atoms with E-state index in [2.05, 4.69) is 15.4 Å². The van der Waals surface area contributed by atoms with Crippen LogP contribution in [0.1, 0.15) is 48.7 Å². The highest BCUT2D eigenvalue weighted by Crippen LogP contribution is 2.32. The number of aromatic nitrogens is 3. The number of carbonyl (C=O) groups is 1.